The standard InChI is InChI=1S/C22H22Cl2N2O2/c1-12(2)11-26-21(27)19(17-6-5-15(23)10-18(17)24)20(22(26)28)25-16-8-13(3)7-14(4)9-16/h5-10,12,25H,11H2,1-4H3. The van der Waals surface area contributed by atoms with E-state index in [4.69, 9.17) is 23.2 Å². The van der Waals surface area contributed by atoms with Crippen LogP contribution in [0.1, 0.15) is 30.5 Å². The Hall–Kier alpha value is -2.30. The first-order chi connectivity index (χ1) is 13.2. The first-order valence-electron chi connectivity index (χ1n) is 9.08. The van der Waals surface area contributed by atoms with Crippen molar-refractivity contribution in [1.29, 1.82) is 0 Å². The van der Waals surface area contributed by atoms with Crippen molar-refractivity contribution in [2.75, 3.05) is 11.9 Å². The summed E-state index contributed by atoms with van der Waals surface area (Å²) < 4.78 is 0. The van der Waals surface area contributed by atoms with Crippen LogP contribution in [0.5, 0.6) is 0 Å². The summed E-state index contributed by atoms with van der Waals surface area (Å²) in [5, 5.41) is 3.97. The van der Waals surface area contributed by atoms with Crippen molar-refractivity contribution in [2.24, 2.45) is 5.92 Å². The number of imide groups is 1. The Labute approximate surface area is 175 Å². The molecule has 1 N–H and O–H groups in total. The molecule has 1 heterocycles. The molecule has 0 radical (unpaired) electrons. The topological polar surface area (TPSA) is 49.4 Å². The van der Waals surface area contributed by atoms with Gasteiger partial charge in [-0.05, 0) is 55.2 Å². The van der Waals surface area contributed by atoms with Crippen LogP contribution >= 0.6 is 23.2 Å². The van der Waals surface area contributed by atoms with Crippen LogP contribution in [0.25, 0.3) is 5.57 Å². The molecule has 2 amide bonds. The number of carbonyl (C=O) groups excluding carboxylic acids is 2. The Kier molecular flexibility index (Phi) is 5.82. The summed E-state index contributed by atoms with van der Waals surface area (Å²) in [6, 6.07) is 10.8. The Morgan fingerprint density at radius 1 is 0.964 bits per heavy atom. The molecule has 1 aliphatic heterocycles. The van der Waals surface area contributed by atoms with Gasteiger partial charge in [0.25, 0.3) is 11.8 Å². The summed E-state index contributed by atoms with van der Waals surface area (Å²) in [7, 11) is 0. The van der Waals surface area contributed by atoms with Gasteiger partial charge >= 0.3 is 0 Å². The first kappa shape index (κ1) is 20.4. The van der Waals surface area contributed by atoms with E-state index in [9.17, 15) is 9.59 Å². The number of rotatable bonds is 5. The minimum Gasteiger partial charge on any atom is -0.350 e. The molecule has 2 aromatic rings. The van der Waals surface area contributed by atoms with Crippen molar-refractivity contribution < 1.29 is 9.59 Å². The van der Waals surface area contributed by atoms with Crippen LogP contribution in [0.15, 0.2) is 42.1 Å². The molecule has 0 unspecified atom stereocenters. The Balaban J connectivity index is 2.13. The summed E-state index contributed by atoms with van der Waals surface area (Å²) in [5.74, 6) is -0.552. The molecule has 0 fully saturated rings. The van der Waals surface area contributed by atoms with Crippen molar-refractivity contribution in [3.8, 4) is 0 Å². The molecule has 0 bridgehead atoms. The molecule has 0 aromatic heterocycles. The number of nitrogens with one attached hydrogen (secondary N) is 1. The average Bonchev–Trinajstić information content (AvgIpc) is 2.79. The van der Waals surface area contributed by atoms with Crippen molar-refractivity contribution in [1.82, 2.24) is 4.90 Å². The van der Waals surface area contributed by atoms with Gasteiger partial charge in [0.2, 0.25) is 0 Å². The number of amides is 2. The molecule has 0 saturated heterocycles. The summed E-state index contributed by atoms with van der Waals surface area (Å²) in [5.41, 5.74) is 3.87. The van der Waals surface area contributed by atoms with Crippen molar-refractivity contribution in [2.45, 2.75) is 27.7 Å². The smallest absolute Gasteiger partial charge is 0.278 e. The van der Waals surface area contributed by atoms with Gasteiger partial charge in [0.1, 0.15) is 5.70 Å². The van der Waals surface area contributed by atoms with Crippen LogP contribution in [0.4, 0.5) is 5.69 Å². The molecule has 0 aliphatic carbocycles. The summed E-state index contributed by atoms with van der Waals surface area (Å²) in [4.78, 5) is 27.5. The number of benzene rings is 2. The van der Waals surface area contributed by atoms with Crippen LogP contribution < -0.4 is 5.32 Å². The largest absolute Gasteiger partial charge is 0.350 e. The van der Waals surface area contributed by atoms with E-state index in [0.29, 0.717) is 22.2 Å². The van der Waals surface area contributed by atoms with Gasteiger partial charge in [-0.25, -0.2) is 0 Å². The molecule has 3 rings (SSSR count). The third-order valence-corrected chi connectivity index (χ3v) is 4.96. The highest BCUT2D eigenvalue weighted by Crippen LogP contribution is 2.35. The lowest BCUT2D eigenvalue weighted by Crippen LogP contribution is -2.35. The first-order valence-corrected chi connectivity index (χ1v) is 9.84. The third kappa shape index (κ3) is 4.08. The molecule has 0 spiro atoms. The number of nitrogens with zero attached hydrogens (tertiary/aromatic N) is 1. The zero-order chi connectivity index (χ0) is 20.6. The SMILES string of the molecule is Cc1cc(C)cc(NC2=C(c3ccc(Cl)cc3Cl)C(=O)N(CC(C)C)C2=O)c1. The van der Waals surface area contributed by atoms with Gasteiger partial charge in [-0.1, -0.05) is 49.2 Å². The van der Waals surface area contributed by atoms with E-state index in [0.717, 1.165) is 16.8 Å². The molecule has 28 heavy (non-hydrogen) atoms. The van der Waals surface area contributed by atoms with Crippen molar-refractivity contribution in [3.63, 3.8) is 0 Å². The van der Waals surface area contributed by atoms with E-state index in [1.165, 1.54) is 4.90 Å². The molecule has 6 heteroatoms. The van der Waals surface area contributed by atoms with Gasteiger partial charge in [0.15, 0.2) is 0 Å². The van der Waals surface area contributed by atoms with E-state index in [1.807, 2.05) is 45.9 Å². The highest BCUT2D eigenvalue weighted by molar-refractivity contribution is 6.41. The van der Waals surface area contributed by atoms with E-state index in [-0.39, 0.29) is 29.0 Å². The summed E-state index contributed by atoms with van der Waals surface area (Å²) in [6.07, 6.45) is 0. The van der Waals surface area contributed by atoms with Crippen LogP contribution in [0, 0.1) is 19.8 Å². The lowest BCUT2D eigenvalue weighted by Gasteiger charge is -2.17. The summed E-state index contributed by atoms with van der Waals surface area (Å²) >= 11 is 12.4. The fraction of sp³-hybridized carbons (Fsp3) is 0.273. The number of halogens is 2. The Bertz CT molecular complexity index is 976. The molecule has 4 nitrogen and oxygen atoms in total. The van der Waals surface area contributed by atoms with Gasteiger partial charge in [-0.2, -0.15) is 0 Å². The third-order valence-electron chi connectivity index (χ3n) is 4.41. The lowest BCUT2D eigenvalue weighted by molar-refractivity contribution is -0.137. The van der Waals surface area contributed by atoms with Crippen LogP contribution in [-0.2, 0) is 9.59 Å². The molecule has 2 aromatic carbocycles. The van der Waals surface area contributed by atoms with E-state index in [1.54, 1.807) is 18.2 Å². The van der Waals surface area contributed by atoms with Crippen LogP contribution in [0.3, 0.4) is 0 Å². The van der Waals surface area contributed by atoms with E-state index >= 15 is 0 Å². The number of aryl methyl sites for hydroxylation is 2. The number of carbonyl (C=O) groups is 2. The monoisotopic (exact) mass is 416 g/mol. The fourth-order valence-corrected chi connectivity index (χ4v) is 3.86. The highest BCUT2D eigenvalue weighted by atomic mass is 35.5. The highest BCUT2D eigenvalue weighted by Gasteiger charge is 2.40. The molecule has 0 saturated carbocycles. The van der Waals surface area contributed by atoms with Crippen molar-refractivity contribution >= 4 is 46.3 Å². The van der Waals surface area contributed by atoms with Gasteiger partial charge < -0.3 is 5.32 Å². The molecular formula is C22H22Cl2N2O2. The lowest BCUT2D eigenvalue weighted by atomic mass is 10.0. The van der Waals surface area contributed by atoms with Crippen molar-refractivity contribution in [3.05, 3.63) is 68.8 Å². The van der Waals surface area contributed by atoms with Gasteiger partial charge in [-0.3, -0.25) is 14.5 Å². The Morgan fingerprint density at radius 3 is 2.18 bits per heavy atom. The van der Waals surface area contributed by atoms with Crippen LogP contribution in [0.2, 0.25) is 10.0 Å². The summed E-state index contributed by atoms with van der Waals surface area (Å²) in [6.45, 7) is 8.23. The quantitative estimate of drug-likeness (QED) is 0.658. The predicted molar refractivity (Wildman–Crippen MR) is 114 cm³/mol. The van der Waals surface area contributed by atoms with E-state index in [2.05, 4.69) is 5.32 Å². The zero-order valence-electron chi connectivity index (χ0n) is 16.3. The maximum absolute atomic E-state index is 13.1. The zero-order valence-corrected chi connectivity index (χ0v) is 17.8. The minimum atomic E-state index is -0.352. The maximum Gasteiger partial charge on any atom is 0.278 e. The van der Waals surface area contributed by atoms with Crippen LogP contribution in [-0.4, -0.2) is 23.3 Å². The average molecular weight is 417 g/mol. The second-order valence-electron chi connectivity index (χ2n) is 7.49. The van der Waals surface area contributed by atoms with Gasteiger partial charge in [0, 0.05) is 22.8 Å². The molecule has 0 atom stereocenters. The van der Waals surface area contributed by atoms with Gasteiger partial charge in [-0.15, -0.1) is 0 Å². The number of hydrogen-bond acceptors (Lipinski definition) is 3. The molecule has 146 valence electrons. The van der Waals surface area contributed by atoms with E-state index < -0.39 is 0 Å². The molecular weight excluding hydrogens is 395 g/mol. The number of hydrogen-bond donors (Lipinski definition) is 1. The predicted octanol–water partition coefficient (Wildman–Crippen LogP) is 5.46. The second-order valence-corrected chi connectivity index (χ2v) is 8.33. The maximum atomic E-state index is 13.1. The second kappa shape index (κ2) is 7.98. The number of anilines is 1. The minimum absolute atomic E-state index is 0.149. The van der Waals surface area contributed by atoms with Gasteiger partial charge in [0.05, 0.1) is 10.6 Å². The molecule has 1 aliphatic rings. The Morgan fingerprint density at radius 2 is 1.61 bits per heavy atom. The fourth-order valence-electron chi connectivity index (χ4n) is 3.36. The normalized spacial score (nSPS) is 14.5.